The molecule has 0 aliphatic rings. The molecule has 0 amide bonds. The third kappa shape index (κ3) is 1.99. The minimum absolute atomic E-state index is 1.27. The van der Waals surface area contributed by atoms with Crippen molar-refractivity contribution in [2.75, 3.05) is 14.1 Å². The summed E-state index contributed by atoms with van der Waals surface area (Å²) in [4.78, 5) is 2.11. The molecule has 4 aromatic rings. The van der Waals surface area contributed by atoms with Gasteiger partial charge in [0, 0.05) is 0 Å². The molecule has 0 heterocycles. The number of hydrogen-bond acceptors (Lipinski definition) is 1. The molecule has 0 atom stereocenters. The summed E-state index contributed by atoms with van der Waals surface area (Å²) in [5.74, 6) is 0. The lowest BCUT2D eigenvalue weighted by Crippen LogP contribution is -2.29. The van der Waals surface area contributed by atoms with Crippen LogP contribution in [0.2, 0.25) is 0 Å². The standard InChI is InChI=1S/C20H17BN/c1-22(2)21-19-13-7-12-18-16-9-4-3-8-14(16)15-10-5-6-11-17(15)20(18)19/h3-13H,1-2H3. The van der Waals surface area contributed by atoms with Gasteiger partial charge >= 0.3 is 0 Å². The predicted molar refractivity (Wildman–Crippen MR) is 98.0 cm³/mol. The quantitative estimate of drug-likeness (QED) is 0.397. The monoisotopic (exact) mass is 282 g/mol. The van der Waals surface area contributed by atoms with Gasteiger partial charge in [0.05, 0.1) is 0 Å². The third-order valence-corrected chi connectivity index (χ3v) is 4.20. The zero-order valence-electron chi connectivity index (χ0n) is 12.9. The van der Waals surface area contributed by atoms with E-state index in [9.17, 15) is 0 Å². The van der Waals surface area contributed by atoms with Crippen LogP contribution in [0.1, 0.15) is 0 Å². The smallest absolute Gasteiger partial charge is 0.247 e. The van der Waals surface area contributed by atoms with Gasteiger partial charge in [0.1, 0.15) is 0 Å². The molecular weight excluding hydrogens is 265 g/mol. The normalized spacial score (nSPS) is 11.6. The van der Waals surface area contributed by atoms with Crippen molar-refractivity contribution in [2.24, 2.45) is 0 Å². The summed E-state index contributed by atoms with van der Waals surface area (Å²) in [6.45, 7) is 0. The first-order chi connectivity index (χ1) is 10.8. The summed E-state index contributed by atoms with van der Waals surface area (Å²) in [5, 5.41) is 7.96. The van der Waals surface area contributed by atoms with E-state index in [-0.39, 0.29) is 0 Å². The summed E-state index contributed by atoms with van der Waals surface area (Å²) in [6, 6.07) is 24.0. The van der Waals surface area contributed by atoms with E-state index < -0.39 is 0 Å². The molecule has 0 N–H and O–H groups in total. The van der Waals surface area contributed by atoms with Gasteiger partial charge in [0.25, 0.3) is 0 Å². The average Bonchev–Trinajstić information content (AvgIpc) is 2.54. The van der Waals surface area contributed by atoms with Crippen LogP contribution in [0.4, 0.5) is 0 Å². The molecule has 1 radical (unpaired) electrons. The van der Waals surface area contributed by atoms with E-state index in [1.807, 2.05) is 0 Å². The fourth-order valence-electron chi connectivity index (χ4n) is 3.37. The van der Waals surface area contributed by atoms with Crippen LogP contribution in [0, 0.1) is 0 Å². The van der Waals surface area contributed by atoms with Gasteiger partial charge in [-0.1, -0.05) is 72.2 Å². The highest BCUT2D eigenvalue weighted by molar-refractivity contribution is 6.56. The molecule has 2 heteroatoms. The Labute approximate surface area is 131 Å². The molecule has 0 unspecified atom stereocenters. The fraction of sp³-hybridized carbons (Fsp3) is 0.100. The van der Waals surface area contributed by atoms with Gasteiger partial charge in [-0.05, 0) is 46.4 Å². The van der Waals surface area contributed by atoms with Gasteiger partial charge in [-0.2, -0.15) is 0 Å². The minimum Gasteiger partial charge on any atom is -0.348 e. The van der Waals surface area contributed by atoms with Crippen molar-refractivity contribution in [3.8, 4) is 0 Å². The highest BCUT2D eigenvalue weighted by Crippen LogP contribution is 2.33. The van der Waals surface area contributed by atoms with Gasteiger partial charge in [-0.15, -0.1) is 0 Å². The first-order valence-corrected chi connectivity index (χ1v) is 7.59. The molecule has 1 nitrogen and oxygen atoms in total. The van der Waals surface area contributed by atoms with Crippen LogP contribution >= 0.6 is 0 Å². The molecule has 0 bridgehead atoms. The number of benzene rings is 4. The van der Waals surface area contributed by atoms with Crippen LogP contribution < -0.4 is 5.46 Å². The maximum Gasteiger partial charge on any atom is 0.247 e. The Morgan fingerprint density at radius 3 is 1.59 bits per heavy atom. The van der Waals surface area contributed by atoms with E-state index >= 15 is 0 Å². The molecule has 4 rings (SSSR count). The molecule has 0 aromatic heterocycles. The highest BCUT2D eigenvalue weighted by atomic mass is 15.0. The van der Waals surface area contributed by atoms with E-state index in [1.165, 1.54) is 37.8 Å². The Bertz CT molecular complexity index is 944. The van der Waals surface area contributed by atoms with Gasteiger partial charge in [-0.25, -0.2) is 0 Å². The number of fused-ring (bicyclic) bond motifs is 6. The van der Waals surface area contributed by atoms with Crippen LogP contribution in [0.15, 0.2) is 66.7 Å². The van der Waals surface area contributed by atoms with Crippen molar-refractivity contribution < 1.29 is 0 Å². The zero-order chi connectivity index (χ0) is 15.1. The topological polar surface area (TPSA) is 3.24 Å². The molecule has 0 aliphatic heterocycles. The predicted octanol–water partition coefficient (Wildman–Crippen LogP) is 3.95. The minimum atomic E-state index is 1.27. The van der Waals surface area contributed by atoms with Crippen molar-refractivity contribution in [3.63, 3.8) is 0 Å². The van der Waals surface area contributed by atoms with E-state index in [0.29, 0.717) is 0 Å². The van der Waals surface area contributed by atoms with Gasteiger partial charge < -0.3 is 4.81 Å². The Kier molecular flexibility index (Phi) is 3.13. The lowest BCUT2D eigenvalue weighted by molar-refractivity contribution is 0.669. The van der Waals surface area contributed by atoms with Crippen LogP contribution in [-0.4, -0.2) is 26.3 Å². The van der Waals surface area contributed by atoms with E-state index in [4.69, 9.17) is 0 Å². The molecular formula is C20H17BN. The third-order valence-electron chi connectivity index (χ3n) is 4.20. The van der Waals surface area contributed by atoms with E-state index in [2.05, 4.69) is 93.1 Å². The molecule has 0 aliphatic carbocycles. The number of nitrogens with zero attached hydrogens (tertiary/aromatic N) is 1. The maximum atomic E-state index is 2.23. The maximum absolute atomic E-state index is 2.23. The first-order valence-electron chi connectivity index (χ1n) is 7.59. The molecule has 0 saturated carbocycles. The van der Waals surface area contributed by atoms with Crippen molar-refractivity contribution in [1.29, 1.82) is 0 Å². The largest absolute Gasteiger partial charge is 0.348 e. The Morgan fingerprint density at radius 1 is 0.591 bits per heavy atom. The summed E-state index contributed by atoms with van der Waals surface area (Å²) in [5.41, 5.74) is 1.27. The zero-order valence-corrected chi connectivity index (χ0v) is 12.9. The van der Waals surface area contributed by atoms with E-state index in [1.54, 1.807) is 0 Å². The first kappa shape index (κ1) is 13.4. The van der Waals surface area contributed by atoms with Crippen LogP contribution in [0.3, 0.4) is 0 Å². The Morgan fingerprint density at radius 2 is 1.05 bits per heavy atom. The van der Waals surface area contributed by atoms with Crippen molar-refractivity contribution in [1.82, 2.24) is 4.81 Å². The molecule has 22 heavy (non-hydrogen) atoms. The molecule has 0 fully saturated rings. The van der Waals surface area contributed by atoms with Crippen LogP contribution in [0.5, 0.6) is 0 Å². The SMILES string of the molecule is CN(C)[B]c1cccc2c3ccccc3c3ccccc3c12. The molecule has 105 valence electrons. The molecule has 4 aromatic carbocycles. The number of hydrogen-bond donors (Lipinski definition) is 0. The summed E-state index contributed by atoms with van der Waals surface area (Å²) in [6.07, 6.45) is 0. The highest BCUT2D eigenvalue weighted by Gasteiger charge is 2.12. The Balaban J connectivity index is 2.27. The van der Waals surface area contributed by atoms with E-state index in [0.717, 1.165) is 0 Å². The molecule has 0 saturated heterocycles. The lowest BCUT2D eigenvalue weighted by atomic mass is 9.76. The fourth-order valence-corrected chi connectivity index (χ4v) is 3.37. The van der Waals surface area contributed by atoms with Gasteiger partial charge in [0.2, 0.25) is 7.41 Å². The second kappa shape index (κ2) is 5.15. The molecule has 0 spiro atoms. The lowest BCUT2D eigenvalue weighted by Gasteiger charge is -2.15. The van der Waals surface area contributed by atoms with Crippen molar-refractivity contribution in [2.45, 2.75) is 0 Å². The van der Waals surface area contributed by atoms with Crippen LogP contribution in [-0.2, 0) is 0 Å². The van der Waals surface area contributed by atoms with Gasteiger partial charge in [0.15, 0.2) is 0 Å². The summed E-state index contributed by atoms with van der Waals surface area (Å²) < 4.78 is 0. The van der Waals surface area contributed by atoms with Gasteiger partial charge in [-0.3, -0.25) is 0 Å². The average molecular weight is 282 g/mol. The summed E-state index contributed by atoms with van der Waals surface area (Å²) >= 11 is 0. The van der Waals surface area contributed by atoms with Crippen molar-refractivity contribution >= 4 is 45.2 Å². The second-order valence-electron chi connectivity index (χ2n) is 5.95. The van der Waals surface area contributed by atoms with Crippen LogP contribution in [0.25, 0.3) is 32.3 Å². The number of rotatable bonds is 2. The summed E-state index contributed by atoms with van der Waals surface area (Å²) in [7, 11) is 6.34. The Hall–Kier alpha value is -2.32. The van der Waals surface area contributed by atoms with Crippen molar-refractivity contribution in [3.05, 3.63) is 66.7 Å². The second-order valence-corrected chi connectivity index (χ2v) is 5.95.